The minimum absolute atomic E-state index is 0.321. The standard InChI is InChI=1S/C22H34N2O2.C13H20FNO/c1-2-25-18-11-19-26-17-10-6-4-3-5-9-15-23-22-14-16-24-21-13-8-7-12-20(21)22;1-2-3-4-5-8-16-13-7-6-11(10-15)9-12(13)14/h7-8,12-14,16H,2-6,9-11,15,17-19H2,1H3,(H,23,24);6-7,9H,2-5,8,10,15H2,1H3. The third-order valence-corrected chi connectivity index (χ3v) is 6.95. The van der Waals surface area contributed by atoms with E-state index in [4.69, 9.17) is 19.9 Å². The third kappa shape index (κ3) is 15.5. The minimum atomic E-state index is -0.321. The fraction of sp³-hybridized carbons (Fsp3) is 0.571. The number of aromatic nitrogens is 1. The van der Waals surface area contributed by atoms with Crippen molar-refractivity contribution < 1.29 is 18.6 Å². The highest BCUT2D eigenvalue weighted by Gasteiger charge is 2.04. The van der Waals surface area contributed by atoms with E-state index in [-0.39, 0.29) is 5.82 Å². The third-order valence-electron chi connectivity index (χ3n) is 6.95. The number of fused-ring (bicyclic) bond motifs is 1. The second-order valence-electron chi connectivity index (χ2n) is 10.5. The minimum Gasteiger partial charge on any atom is -0.491 e. The number of hydrogen-bond donors (Lipinski definition) is 2. The van der Waals surface area contributed by atoms with Gasteiger partial charge in [0.15, 0.2) is 11.6 Å². The molecule has 0 spiro atoms. The second kappa shape index (κ2) is 23.8. The highest BCUT2D eigenvalue weighted by atomic mass is 19.1. The van der Waals surface area contributed by atoms with Crippen LogP contribution in [-0.4, -0.2) is 44.6 Å². The quantitative estimate of drug-likeness (QED) is 0.115. The predicted octanol–water partition coefficient (Wildman–Crippen LogP) is 8.67. The number of nitrogens with zero attached hydrogens (tertiary/aromatic N) is 1. The molecule has 0 saturated heterocycles. The van der Waals surface area contributed by atoms with Gasteiger partial charge in [-0.25, -0.2) is 4.39 Å². The number of unbranched alkanes of at least 4 members (excludes halogenated alkanes) is 8. The van der Waals surface area contributed by atoms with Crippen LogP contribution in [0.2, 0.25) is 0 Å². The number of pyridine rings is 1. The molecule has 0 amide bonds. The van der Waals surface area contributed by atoms with Crippen molar-refractivity contribution in [1.29, 1.82) is 0 Å². The van der Waals surface area contributed by atoms with Crippen molar-refractivity contribution in [2.45, 2.75) is 91.0 Å². The van der Waals surface area contributed by atoms with Crippen LogP contribution in [0.15, 0.2) is 54.7 Å². The van der Waals surface area contributed by atoms with Crippen LogP contribution in [0.1, 0.15) is 90.0 Å². The van der Waals surface area contributed by atoms with Crippen LogP contribution < -0.4 is 15.8 Å². The summed E-state index contributed by atoms with van der Waals surface area (Å²) in [7, 11) is 0. The first-order valence-electron chi connectivity index (χ1n) is 16.0. The van der Waals surface area contributed by atoms with Gasteiger partial charge in [0.1, 0.15) is 0 Å². The molecule has 6 nitrogen and oxygen atoms in total. The zero-order valence-electron chi connectivity index (χ0n) is 26.1. The molecule has 0 unspecified atom stereocenters. The van der Waals surface area contributed by atoms with Crippen molar-refractivity contribution in [1.82, 2.24) is 4.98 Å². The Labute approximate surface area is 253 Å². The van der Waals surface area contributed by atoms with Gasteiger partial charge in [0.05, 0.1) is 12.1 Å². The summed E-state index contributed by atoms with van der Waals surface area (Å²) >= 11 is 0. The topological polar surface area (TPSA) is 78.6 Å². The number of anilines is 1. The molecule has 3 rings (SSSR count). The van der Waals surface area contributed by atoms with Crippen LogP contribution in [0.5, 0.6) is 5.75 Å². The molecule has 0 aliphatic rings. The summed E-state index contributed by atoms with van der Waals surface area (Å²) in [6, 6.07) is 15.2. The van der Waals surface area contributed by atoms with Gasteiger partial charge in [-0.05, 0) is 62.4 Å². The molecular formula is C35H54FN3O3. The molecule has 1 aromatic heterocycles. The van der Waals surface area contributed by atoms with Crippen molar-refractivity contribution >= 4 is 16.6 Å². The molecule has 42 heavy (non-hydrogen) atoms. The van der Waals surface area contributed by atoms with Crippen LogP contribution in [0.3, 0.4) is 0 Å². The lowest BCUT2D eigenvalue weighted by Gasteiger charge is -2.09. The van der Waals surface area contributed by atoms with E-state index >= 15 is 0 Å². The lowest BCUT2D eigenvalue weighted by molar-refractivity contribution is 0.0860. The molecule has 3 N–H and O–H groups in total. The van der Waals surface area contributed by atoms with Crippen molar-refractivity contribution in [2.75, 3.05) is 44.9 Å². The Bertz CT molecular complexity index is 1080. The summed E-state index contributed by atoms with van der Waals surface area (Å²) in [6.07, 6.45) is 15.0. The Balaban J connectivity index is 0.000000330. The Hall–Kier alpha value is -2.74. The highest BCUT2D eigenvalue weighted by molar-refractivity contribution is 5.90. The molecule has 3 aromatic rings. The van der Waals surface area contributed by atoms with Gasteiger partial charge in [-0.15, -0.1) is 0 Å². The summed E-state index contributed by atoms with van der Waals surface area (Å²) in [5, 5.41) is 4.76. The van der Waals surface area contributed by atoms with Gasteiger partial charge in [0.25, 0.3) is 0 Å². The van der Waals surface area contributed by atoms with Crippen LogP contribution in [0.4, 0.5) is 10.1 Å². The van der Waals surface area contributed by atoms with Gasteiger partial charge in [0.2, 0.25) is 0 Å². The Morgan fingerprint density at radius 1 is 0.762 bits per heavy atom. The predicted molar refractivity (Wildman–Crippen MR) is 174 cm³/mol. The number of ether oxygens (including phenoxy) is 3. The summed E-state index contributed by atoms with van der Waals surface area (Å²) < 4.78 is 29.7. The largest absolute Gasteiger partial charge is 0.491 e. The number of nitrogens with two attached hydrogens (primary N) is 1. The monoisotopic (exact) mass is 583 g/mol. The Morgan fingerprint density at radius 3 is 2.26 bits per heavy atom. The molecule has 1 heterocycles. The number of para-hydroxylation sites is 1. The molecule has 0 fully saturated rings. The molecule has 0 saturated carbocycles. The van der Waals surface area contributed by atoms with Crippen LogP contribution in [0.25, 0.3) is 10.9 Å². The molecule has 234 valence electrons. The highest BCUT2D eigenvalue weighted by Crippen LogP contribution is 2.21. The van der Waals surface area contributed by atoms with E-state index in [1.165, 1.54) is 68.5 Å². The molecule has 0 aliphatic heterocycles. The van der Waals surface area contributed by atoms with Crippen LogP contribution >= 0.6 is 0 Å². The van der Waals surface area contributed by atoms with Crippen LogP contribution in [0, 0.1) is 5.82 Å². The maximum absolute atomic E-state index is 13.4. The molecule has 2 aromatic carbocycles. The molecule has 0 aliphatic carbocycles. The first kappa shape index (κ1) is 35.5. The summed E-state index contributed by atoms with van der Waals surface area (Å²) in [5.41, 5.74) is 8.45. The molecule has 0 radical (unpaired) electrons. The number of hydrogen-bond acceptors (Lipinski definition) is 6. The second-order valence-corrected chi connectivity index (χ2v) is 10.5. The van der Waals surface area contributed by atoms with E-state index < -0.39 is 0 Å². The SMILES string of the molecule is CCCCCCOc1ccc(CN)cc1F.CCOCCCOCCCCCCCCNc1ccnc2ccccc12. The maximum atomic E-state index is 13.4. The van der Waals surface area contributed by atoms with Gasteiger partial charge in [-0.2, -0.15) is 0 Å². The average molecular weight is 584 g/mol. The molecule has 0 bridgehead atoms. The van der Waals surface area contributed by atoms with E-state index in [2.05, 4.69) is 41.5 Å². The Kier molecular flexibility index (Phi) is 20.1. The summed E-state index contributed by atoms with van der Waals surface area (Å²) in [6.45, 7) is 9.49. The number of nitrogens with one attached hydrogen (secondary N) is 1. The zero-order chi connectivity index (χ0) is 30.1. The van der Waals surface area contributed by atoms with E-state index in [0.29, 0.717) is 18.9 Å². The first-order valence-corrected chi connectivity index (χ1v) is 16.0. The van der Waals surface area contributed by atoms with Crippen molar-refractivity contribution in [3.8, 4) is 5.75 Å². The summed E-state index contributed by atoms with van der Waals surface area (Å²) in [4.78, 5) is 4.40. The molecule has 0 atom stereocenters. The summed E-state index contributed by atoms with van der Waals surface area (Å²) in [5.74, 6) is 0.00661. The van der Waals surface area contributed by atoms with Gasteiger partial charge in [0, 0.05) is 56.8 Å². The lowest BCUT2D eigenvalue weighted by Crippen LogP contribution is -2.02. The smallest absolute Gasteiger partial charge is 0.165 e. The van der Waals surface area contributed by atoms with Crippen molar-refractivity contribution in [2.24, 2.45) is 5.73 Å². The first-order chi connectivity index (χ1) is 20.7. The molecule has 7 heteroatoms. The maximum Gasteiger partial charge on any atom is 0.165 e. The van der Waals surface area contributed by atoms with E-state index in [1.807, 2.05) is 19.2 Å². The van der Waals surface area contributed by atoms with E-state index in [9.17, 15) is 4.39 Å². The van der Waals surface area contributed by atoms with E-state index in [1.54, 1.807) is 12.1 Å². The number of benzene rings is 2. The lowest BCUT2D eigenvalue weighted by atomic mass is 10.1. The van der Waals surface area contributed by atoms with Crippen molar-refractivity contribution in [3.63, 3.8) is 0 Å². The Morgan fingerprint density at radius 2 is 1.48 bits per heavy atom. The van der Waals surface area contributed by atoms with Gasteiger partial charge < -0.3 is 25.3 Å². The normalized spacial score (nSPS) is 10.9. The number of halogens is 1. The number of rotatable bonds is 22. The van der Waals surface area contributed by atoms with Crippen LogP contribution in [-0.2, 0) is 16.0 Å². The molecular weight excluding hydrogens is 529 g/mol. The zero-order valence-corrected chi connectivity index (χ0v) is 26.1. The fourth-order valence-electron chi connectivity index (χ4n) is 4.52. The van der Waals surface area contributed by atoms with Gasteiger partial charge >= 0.3 is 0 Å². The van der Waals surface area contributed by atoms with Gasteiger partial charge in [-0.1, -0.05) is 76.1 Å². The van der Waals surface area contributed by atoms with Crippen molar-refractivity contribution in [3.05, 3.63) is 66.1 Å². The van der Waals surface area contributed by atoms with E-state index in [0.717, 1.165) is 63.3 Å². The fourth-order valence-corrected chi connectivity index (χ4v) is 4.52. The van der Waals surface area contributed by atoms with Gasteiger partial charge in [-0.3, -0.25) is 4.98 Å². The average Bonchev–Trinajstić information content (AvgIpc) is 3.02.